The zero-order valence-corrected chi connectivity index (χ0v) is 14.9. The molecule has 1 aromatic heterocycles. The minimum atomic E-state index is 0.675. The van der Waals surface area contributed by atoms with Crippen LogP contribution in [0.2, 0.25) is 0 Å². The van der Waals surface area contributed by atoms with Crippen LogP contribution in [0.5, 0.6) is 0 Å². The highest BCUT2D eigenvalue weighted by Gasteiger charge is 2.29. The Labute approximate surface area is 135 Å². The Morgan fingerprint density at radius 1 is 1.20 bits per heavy atom. The molecule has 0 aromatic carbocycles. The van der Waals surface area contributed by atoms with Crippen molar-refractivity contribution in [2.75, 3.05) is 31.5 Å². The summed E-state index contributed by atoms with van der Waals surface area (Å²) in [6.45, 7) is 10.7. The Hall–Kier alpha value is -0.430. The van der Waals surface area contributed by atoms with Crippen LogP contribution in [0, 0.1) is 3.57 Å². The fourth-order valence-corrected chi connectivity index (χ4v) is 3.21. The molecule has 20 heavy (non-hydrogen) atoms. The van der Waals surface area contributed by atoms with Gasteiger partial charge < -0.3 is 10.2 Å². The van der Waals surface area contributed by atoms with E-state index in [2.05, 4.69) is 53.6 Å². The number of likely N-dealkylation sites (N-methyl/N-ethyl adjacent to an activating group) is 1. The third-order valence-electron chi connectivity index (χ3n) is 3.78. The van der Waals surface area contributed by atoms with Gasteiger partial charge in [0.1, 0.15) is 11.6 Å². The quantitative estimate of drug-likeness (QED) is 0.694. The van der Waals surface area contributed by atoms with Crippen LogP contribution in [0.3, 0.4) is 0 Å². The van der Waals surface area contributed by atoms with Gasteiger partial charge in [0, 0.05) is 25.4 Å². The van der Waals surface area contributed by atoms with Crippen molar-refractivity contribution in [3.05, 3.63) is 15.1 Å². The van der Waals surface area contributed by atoms with Crippen LogP contribution < -0.4 is 5.32 Å². The average Bonchev–Trinajstić information content (AvgIpc) is 3.27. The van der Waals surface area contributed by atoms with E-state index in [1.165, 1.54) is 22.1 Å². The van der Waals surface area contributed by atoms with Crippen molar-refractivity contribution in [3.63, 3.8) is 0 Å². The van der Waals surface area contributed by atoms with Crippen molar-refractivity contribution < 1.29 is 0 Å². The number of hydrogen-bond acceptors (Lipinski definition) is 4. The summed E-state index contributed by atoms with van der Waals surface area (Å²) in [6.07, 6.45) is 3.51. The molecule has 1 aliphatic carbocycles. The molecule has 0 spiro atoms. The van der Waals surface area contributed by atoms with Crippen LogP contribution in [0.25, 0.3) is 0 Å². The van der Waals surface area contributed by atoms with Gasteiger partial charge in [-0.1, -0.05) is 13.8 Å². The van der Waals surface area contributed by atoms with Crippen LogP contribution in [-0.2, 0) is 6.42 Å². The number of anilines is 1. The Morgan fingerprint density at radius 2 is 1.90 bits per heavy atom. The van der Waals surface area contributed by atoms with Gasteiger partial charge in [-0.25, -0.2) is 9.97 Å². The molecule has 1 N–H and O–H groups in total. The molecule has 1 saturated carbocycles. The van der Waals surface area contributed by atoms with E-state index in [-0.39, 0.29) is 0 Å². The van der Waals surface area contributed by atoms with Crippen LogP contribution in [0.4, 0.5) is 5.82 Å². The Kier molecular flexibility index (Phi) is 6.01. The fourth-order valence-electron chi connectivity index (χ4n) is 2.33. The molecule has 0 radical (unpaired) electrons. The van der Waals surface area contributed by atoms with E-state index in [0.29, 0.717) is 5.92 Å². The van der Waals surface area contributed by atoms with Crippen molar-refractivity contribution >= 4 is 28.4 Å². The summed E-state index contributed by atoms with van der Waals surface area (Å²) in [7, 11) is 0. The summed E-state index contributed by atoms with van der Waals surface area (Å²) in [5.41, 5.74) is 1.27. The van der Waals surface area contributed by atoms with Crippen LogP contribution in [-0.4, -0.2) is 41.0 Å². The smallest absolute Gasteiger partial charge is 0.143 e. The molecule has 4 nitrogen and oxygen atoms in total. The molecule has 1 aliphatic rings. The Bertz CT molecular complexity index is 442. The van der Waals surface area contributed by atoms with Gasteiger partial charge in [-0.05, 0) is 55.4 Å². The van der Waals surface area contributed by atoms with Crippen LogP contribution in [0.1, 0.15) is 51.0 Å². The first-order valence-electron chi connectivity index (χ1n) is 7.72. The lowest BCUT2D eigenvalue weighted by Gasteiger charge is -2.18. The SMILES string of the molecule is CCNc1nc(CCN(CC)CC)nc(C2CC2)c1I. The molecule has 1 aromatic rings. The highest BCUT2D eigenvalue weighted by Crippen LogP contribution is 2.42. The van der Waals surface area contributed by atoms with Crippen molar-refractivity contribution in [2.45, 2.75) is 46.0 Å². The summed E-state index contributed by atoms with van der Waals surface area (Å²) < 4.78 is 1.22. The number of hydrogen-bond donors (Lipinski definition) is 1. The van der Waals surface area contributed by atoms with Crippen molar-refractivity contribution in [3.8, 4) is 0 Å². The summed E-state index contributed by atoms with van der Waals surface area (Å²) in [5, 5.41) is 3.38. The summed E-state index contributed by atoms with van der Waals surface area (Å²) in [6, 6.07) is 0. The molecular formula is C15H25IN4. The standard InChI is InChI=1S/C15H25IN4/c1-4-17-15-13(16)14(11-7-8-11)18-12(19-15)9-10-20(5-2)6-3/h11H,4-10H2,1-3H3,(H,17,18,19). The Balaban J connectivity index is 2.15. The second kappa shape index (κ2) is 7.54. The van der Waals surface area contributed by atoms with Gasteiger partial charge >= 0.3 is 0 Å². The maximum Gasteiger partial charge on any atom is 0.143 e. The van der Waals surface area contributed by atoms with Crippen LogP contribution in [0.15, 0.2) is 0 Å². The molecular weight excluding hydrogens is 363 g/mol. The summed E-state index contributed by atoms with van der Waals surface area (Å²) in [5.74, 6) is 2.70. The molecule has 0 bridgehead atoms. The molecule has 0 amide bonds. The molecule has 0 aliphatic heterocycles. The topological polar surface area (TPSA) is 41.1 Å². The number of nitrogens with zero attached hydrogens (tertiary/aromatic N) is 3. The van der Waals surface area contributed by atoms with E-state index in [1.54, 1.807) is 0 Å². The molecule has 1 heterocycles. The minimum absolute atomic E-state index is 0.675. The lowest BCUT2D eigenvalue weighted by atomic mass is 10.2. The van der Waals surface area contributed by atoms with E-state index in [4.69, 9.17) is 9.97 Å². The van der Waals surface area contributed by atoms with Crippen LogP contribution >= 0.6 is 22.6 Å². The normalized spacial score (nSPS) is 14.8. The zero-order valence-electron chi connectivity index (χ0n) is 12.7. The monoisotopic (exact) mass is 388 g/mol. The largest absolute Gasteiger partial charge is 0.369 e. The number of aromatic nitrogens is 2. The summed E-state index contributed by atoms with van der Waals surface area (Å²) in [4.78, 5) is 12.0. The molecule has 1 fully saturated rings. The van der Waals surface area contributed by atoms with Crippen molar-refractivity contribution in [2.24, 2.45) is 0 Å². The minimum Gasteiger partial charge on any atom is -0.369 e. The number of halogens is 1. The maximum atomic E-state index is 4.83. The van der Waals surface area contributed by atoms with Crippen molar-refractivity contribution in [1.82, 2.24) is 14.9 Å². The first-order chi connectivity index (χ1) is 9.69. The maximum absolute atomic E-state index is 4.83. The highest BCUT2D eigenvalue weighted by atomic mass is 127. The van der Waals surface area contributed by atoms with Crippen molar-refractivity contribution in [1.29, 1.82) is 0 Å². The van der Waals surface area contributed by atoms with E-state index < -0.39 is 0 Å². The summed E-state index contributed by atoms with van der Waals surface area (Å²) >= 11 is 2.39. The first-order valence-corrected chi connectivity index (χ1v) is 8.79. The molecule has 0 atom stereocenters. The predicted octanol–water partition coefficient (Wildman–Crippen LogP) is 3.27. The predicted molar refractivity (Wildman–Crippen MR) is 92.4 cm³/mol. The van der Waals surface area contributed by atoms with E-state index in [1.807, 2.05) is 0 Å². The number of rotatable bonds is 8. The average molecular weight is 388 g/mol. The third-order valence-corrected chi connectivity index (χ3v) is 4.84. The molecule has 2 rings (SSSR count). The third kappa shape index (κ3) is 4.04. The van der Waals surface area contributed by atoms with E-state index in [9.17, 15) is 0 Å². The van der Waals surface area contributed by atoms with Gasteiger partial charge in [0.15, 0.2) is 0 Å². The molecule has 0 unspecified atom stereocenters. The first kappa shape index (κ1) is 15.9. The molecule has 5 heteroatoms. The molecule has 0 saturated heterocycles. The van der Waals surface area contributed by atoms with Gasteiger partial charge in [-0.3, -0.25) is 0 Å². The van der Waals surface area contributed by atoms with Gasteiger partial charge in [-0.15, -0.1) is 0 Å². The van der Waals surface area contributed by atoms with Gasteiger partial charge in [0.2, 0.25) is 0 Å². The second-order valence-corrected chi connectivity index (χ2v) is 6.35. The molecule has 112 valence electrons. The lowest BCUT2D eigenvalue weighted by molar-refractivity contribution is 0.305. The Morgan fingerprint density at radius 3 is 2.45 bits per heavy atom. The highest BCUT2D eigenvalue weighted by molar-refractivity contribution is 14.1. The van der Waals surface area contributed by atoms with Gasteiger partial charge in [0.25, 0.3) is 0 Å². The second-order valence-electron chi connectivity index (χ2n) is 5.27. The van der Waals surface area contributed by atoms with Gasteiger partial charge in [-0.2, -0.15) is 0 Å². The zero-order chi connectivity index (χ0) is 14.5. The van der Waals surface area contributed by atoms with E-state index in [0.717, 1.165) is 44.2 Å². The van der Waals surface area contributed by atoms with Gasteiger partial charge in [0.05, 0.1) is 9.26 Å². The van der Waals surface area contributed by atoms with E-state index >= 15 is 0 Å². The number of nitrogens with one attached hydrogen (secondary N) is 1. The fraction of sp³-hybridized carbons (Fsp3) is 0.733. The lowest BCUT2D eigenvalue weighted by Crippen LogP contribution is -2.26.